The van der Waals surface area contributed by atoms with Crippen molar-refractivity contribution < 1.29 is 4.74 Å². The zero-order valence-electron chi connectivity index (χ0n) is 11.8. The summed E-state index contributed by atoms with van der Waals surface area (Å²) in [6, 6.07) is 7.02. The molecule has 0 radical (unpaired) electrons. The van der Waals surface area contributed by atoms with Crippen LogP contribution in [0.15, 0.2) is 22.7 Å². The highest BCUT2D eigenvalue weighted by Gasteiger charge is 2.44. The Hall–Kier alpha value is 0.350. The van der Waals surface area contributed by atoms with Crippen molar-refractivity contribution >= 4 is 38.5 Å². The molecule has 1 aromatic rings. The van der Waals surface area contributed by atoms with Gasteiger partial charge in [0.25, 0.3) is 0 Å². The quantitative estimate of drug-likeness (QED) is 0.677. The molecule has 1 saturated carbocycles. The van der Waals surface area contributed by atoms with E-state index < -0.39 is 0 Å². The van der Waals surface area contributed by atoms with Crippen molar-refractivity contribution in [2.24, 2.45) is 5.92 Å². The minimum Gasteiger partial charge on any atom is -0.375 e. The van der Waals surface area contributed by atoms with Gasteiger partial charge in [0, 0.05) is 20.7 Å². The van der Waals surface area contributed by atoms with Crippen LogP contribution in [0.2, 0.25) is 0 Å². The van der Waals surface area contributed by atoms with E-state index in [9.17, 15) is 0 Å². The van der Waals surface area contributed by atoms with Crippen molar-refractivity contribution in [2.45, 2.75) is 43.7 Å². The van der Waals surface area contributed by atoms with Crippen molar-refractivity contribution in [1.29, 1.82) is 0 Å². The Morgan fingerprint density at radius 1 is 1.45 bits per heavy atom. The third kappa shape index (κ3) is 2.94. The van der Waals surface area contributed by atoms with Gasteiger partial charge in [-0.1, -0.05) is 15.9 Å². The lowest BCUT2D eigenvalue weighted by Crippen LogP contribution is -2.47. The van der Waals surface area contributed by atoms with Crippen molar-refractivity contribution in [3.8, 4) is 0 Å². The van der Waals surface area contributed by atoms with E-state index >= 15 is 0 Å². The van der Waals surface area contributed by atoms with Gasteiger partial charge in [0.15, 0.2) is 0 Å². The van der Waals surface area contributed by atoms with Crippen molar-refractivity contribution in [3.05, 3.63) is 31.8 Å². The zero-order chi connectivity index (χ0) is 14.2. The van der Waals surface area contributed by atoms with Crippen LogP contribution in [0.25, 0.3) is 0 Å². The molecular formula is C16H21BrINO. The molecule has 1 aromatic carbocycles. The van der Waals surface area contributed by atoms with Crippen molar-refractivity contribution in [2.75, 3.05) is 13.7 Å². The van der Waals surface area contributed by atoms with Gasteiger partial charge < -0.3 is 10.1 Å². The van der Waals surface area contributed by atoms with E-state index in [2.05, 4.69) is 69.1 Å². The van der Waals surface area contributed by atoms with Gasteiger partial charge >= 0.3 is 0 Å². The topological polar surface area (TPSA) is 21.3 Å². The van der Waals surface area contributed by atoms with E-state index in [1.807, 2.05) is 0 Å². The van der Waals surface area contributed by atoms with Gasteiger partial charge in [0.2, 0.25) is 0 Å². The second-order valence-electron chi connectivity index (χ2n) is 6.07. The third-order valence-electron chi connectivity index (χ3n) is 4.87. The molecule has 0 amide bonds. The minimum atomic E-state index is 0.218. The normalized spacial score (nSPS) is 26.2. The molecule has 2 atom stereocenters. The highest BCUT2D eigenvalue weighted by molar-refractivity contribution is 14.1. The molecule has 3 rings (SSSR count). The average molecular weight is 450 g/mol. The highest BCUT2D eigenvalue weighted by Crippen LogP contribution is 2.47. The molecule has 2 nitrogen and oxygen atoms in total. The molecule has 20 heavy (non-hydrogen) atoms. The number of hydrogen-bond donors (Lipinski definition) is 1. The van der Waals surface area contributed by atoms with Gasteiger partial charge in [-0.15, -0.1) is 0 Å². The standard InChI is InChI=1S/C16H21BrINO/c1-19-15(13-9-12(17)3-4-14(13)18)11-5-8-20-16(10-11)6-2-7-16/h3-4,9,11,15,19H,2,5-8,10H2,1H3. The summed E-state index contributed by atoms with van der Waals surface area (Å²) in [5.41, 5.74) is 1.64. The number of halogens is 2. The number of ether oxygens (including phenoxy) is 1. The first-order valence-corrected chi connectivity index (χ1v) is 9.27. The van der Waals surface area contributed by atoms with Crippen LogP contribution in [-0.2, 0) is 4.74 Å². The summed E-state index contributed by atoms with van der Waals surface area (Å²) in [4.78, 5) is 0. The maximum absolute atomic E-state index is 6.08. The SMILES string of the molecule is CNC(c1cc(Br)ccc1I)C1CCOC2(CCC2)C1. The fraction of sp³-hybridized carbons (Fsp3) is 0.625. The summed E-state index contributed by atoms with van der Waals surface area (Å²) < 4.78 is 8.59. The van der Waals surface area contributed by atoms with E-state index in [4.69, 9.17) is 4.74 Å². The smallest absolute Gasteiger partial charge is 0.0686 e. The van der Waals surface area contributed by atoms with E-state index in [0.29, 0.717) is 12.0 Å². The van der Waals surface area contributed by atoms with Crippen LogP contribution >= 0.6 is 38.5 Å². The van der Waals surface area contributed by atoms with Gasteiger partial charge in [0.1, 0.15) is 0 Å². The molecule has 1 saturated heterocycles. The number of nitrogens with one attached hydrogen (secondary N) is 1. The van der Waals surface area contributed by atoms with Gasteiger partial charge in [-0.25, -0.2) is 0 Å². The third-order valence-corrected chi connectivity index (χ3v) is 6.35. The molecule has 1 aliphatic heterocycles. The molecule has 1 aliphatic carbocycles. The average Bonchev–Trinajstić information content (AvgIpc) is 2.42. The van der Waals surface area contributed by atoms with Crippen LogP contribution < -0.4 is 5.32 Å². The van der Waals surface area contributed by atoms with E-state index in [1.54, 1.807) is 0 Å². The fourth-order valence-electron chi connectivity index (χ4n) is 3.67. The number of rotatable bonds is 3. The Morgan fingerprint density at radius 3 is 2.90 bits per heavy atom. The number of benzene rings is 1. The Labute approximate surface area is 143 Å². The fourth-order valence-corrected chi connectivity index (χ4v) is 4.72. The predicted octanol–water partition coefficient (Wildman–Crippen LogP) is 4.66. The molecule has 2 fully saturated rings. The molecule has 110 valence electrons. The van der Waals surface area contributed by atoms with Crippen LogP contribution in [0.3, 0.4) is 0 Å². The van der Waals surface area contributed by atoms with Gasteiger partial charge in [0.05, 0.1) is 5.60 Å². The summed E-state index contributed by atoms with van der Waals surface area (Å²) in [7, 11) is 2.09. The minimum absolute atomic E-state index is 0.218. The maximum atomic E-state index is 6.08. The summed E-state index contributed by atoms with van der Waals surface area (Å²) in [5, 5.41) is 3.56. The predicted molar refractivity (Wildman–Crippen MR) is 93.9 cm³/mol. The maximum Gasteiger partial charge on any atom is 0.0686 e. The molecular weight excluding hydrogens is 429 g/mol. The zero-order valence-corrected chi connectivity index (χ0v) is 15.5. The molecule has 1 spiro atoms. The molecule has 4 heteroatoms. The Balaban J connectivity index is 1.83. The summed E-state index contributed by atoms with van der Waals surface area (Å²) in [6.07, 6.45) is 6.23. The van der Waals surface area contributed by atoms with Crippen molar-refractivity contribution in [1.82, 2.24) is 5.32 Å². The Morgan fingerprint density at radius 2 is 2.25 bits per heavy atom. The van der Waals surface area contributed by atoms with Crippen LogP contribution in [0.1, 0.15) is 43.7 Å². The first kappa shape index (κ1) is 15.3. The summed E-state index contributed by atoms with van der Waals surface area (Å²) >= 11 is 6.06. The summed E-state index contributed by atoms with van der Waals surface area (Å²) in [6.45, 7) is 0.924. The van der Waals surface area contributed by atoms with Crippen LogP contribution in [0, 0.1) is 9.49 Å². The molecule has 1 N–H and O–H groups in total. The Kier molecular flexibility index (Phi) is 4.75. The van der Waals surface area contributed by atoms with Crippen LogP contribution in [0.4, 0.5) is 0 Å². The van der Waals surface area contributed by atoms with Crippen LogP contribution in [0.5, 0.6) is 0 Å². The Bertz CT molecular complexity index is 489. The first-order valence-electron chi connectivity index (χ1n) is 7.40. The molecule has 1 heterocycles. The highest BCUT2D eigenvalue weighted by atomic mass is 127. The van der Waals surface area contributed by atoms with Gasteiger partial charge in [-0.05, 0) is 91.4 Å². The lowest BCUT2D eigenvalue weighted by Gasteiger charge is -2.49. The molecule has 0 aromatic heterocycles. The molecule has 2 aliphatic rings. The van der Waals surface area contributed by atoms with Crippen molar-refractivity contribution in [3.63, 3.8) is 0 Å². The van der Waals surface area contributed by atoms with Gasteiger partial charge in [-0.2, -0.15) is 0 Å². The van der Waals surface area contributed by atoms with E-state index in [0.717, 1.165) is 13.0 Å². The monoisotopic (exact) mass is 449 g/mol. The lowest BCUT2D eigenvalue weighted by atomic mass is 9.69. The molecule has 2 unspecified atom stereocenters. The lowest BCUT2D eigenvalue weighted by molar-refractivity contribution is -0.147. The van der Waals surface area contributed by atoms with Crippen LogP contribution in [-0.4, -0.2) is 19.3 Å². The molecule has 0 bridgehead atoms. The van der Waals surface area contributed by atoms with E-state index in [1.165, 1.54) is 39.3 Å². The van der Waals surface area contributed by atoms with E-state index in [-0.39, 0.29) is 5.60 Å². The summed E-state index contributed by atoms with van der Waals surface area (Å²) in [5.74, 6) is 0.678. The first-order chi connectivity index (χ1) is 9.63. The second-order valence-corrected chi connectivity index (χ2v) is 8.15. The van der Waals surface area contributed by atoms with Gasteiger partial charge in [-0.3, -0.25) is 0 Å². The second kappa shape index (κ2) is 6.23. The largest absolute Gasteiger partial charge is 0.375 e. The number of hydrogen-bond acceptors (Lipinski definition) is 2.